The topological polar surface area (TPSA) is 28.0 Å². The lowest BCUT2D eigenvalue weighted by atomic mass is 10.2. The minimum atomic E-state index is -0.0556. The van der Waals surface area contributed by atoms with Crippen LogP contribution in [0.4, 0.5) is 0 Å². The molecule has 3 heteroatoms. The van der Waals surface area contributed by atoms with E-state index in [1.165, 1.54) is 0 Å². The van der Waals surface area contributed by atoms with Crippen LogP contribution in [0.25, 0.3) is 0 Å². The van der Waals surface area contributed by atoms with Gasteiger partial charge in [-0.05, 0) is 20.9 Å². The van der Waals surface area contributed by atoms with Crippen molar-refractivity contribution in [3.05, 3.63) is 0 Å². The molecule has 3 nitrogen and oxygen atoms in total. The van der Waals surface area contributed by atoms with Crippen LogP contribution in [0.15, 0.2) is 10.2 Å². The molecule has 0 fully saturated rings. The van der Waals surface area contributed by atoms with Gasteiger partial charge in [0.1, 0.15) is 12.3 Å². The van der Waals surface area contributed by atoms with Crippen molar-refractivity contribution in [2.24, 2.45) is 10.2 Å². The summed E-state index contributed by atoms with van der Waals surface area (Å²) in [6.45, 7) is 4.83. The normalized spacial score (nSPS) is 26.9. The highest BCUT2D eigenvalue weighted by Gasteiger charge is 2.26. The largest absolute Gasteiger partial charge is 0.260 e. The molecule has 0 aliphatic carbocycles. The van der Waals surface area contributed by atoms with Crippen molar-refractivity contribution in [3.8, 4) is 0 Å². The van der Waals surface area contributed by atoms with E-state index in [1.54, 1.807) is 0 Å². The van der Waals surface area contributed by atoms with Gasteiger partial charge in [-0.2, -0.15) is 10.2 Å². The number of azo groups is 1. The van der Waals surface area contributed by atoms with E-state index in [0.29, 0.717) is 0 Å². The van der Waals surface area contributed by atoms with Crippen LogP contribution in [0.1, 0.15) is 13.8 Å². The van der Waals surface area contributed by atoms with Crippen LogP contribution < -0.4 is 0 Å². The van der Waals surface area contributed by atoms with Gasteiger partial charge in [0.15, 0.2) is 0 Å². The molecule has 0 saturated carbocycles. The second-order valence-electron chi connectivity index (χ2n) is 2.58. The molecule has 0 atom stereocenters. The van der Waals surface area contributed by atoms with Gasteiger partial charge in [-0.25, -0.2) is 0 Å². The molecule has 1 aliphatic heterocycles. The highest BCUT2D eigenvalue weighted by Crippen LogP contribution is 2.18. The van der Waals surface area contributed by atoms with E-state index >= 15 is 0 Å². The summed E-state index contributed by atoms with van der Waals surface area (Å²) >= 11 is 0. The second-order valence-corrected chi connectivity index (χ2v) is 2.58. The Morgan fingerprint density at radius 3 is 2.25 bits per heavy atom. The molecule has 1 heterocycles. The van der Waals surface area contributed by atoms with Gasteiger partial charge in [0.05, 0.1) is 0 Å². The molecular formula is C5H11N3. The number of nitrogens with zero attached hydrogens (tertiary/aromatic N) is 3. The Balaban J connectivity index is 2.67. The third kappa shape index (κ3) is 0.733. The molecule has 0 saturated heterocycles. The standard InChI is InChI=1S/C5H11N3/c1-5(2)7-6-4-8(5)3/h4H2,1-3H3. The predicted molar refractivity (Wildman–Crippen MR) is 31.6 cm³/mol. The van der Waals surface area contributed by atoms with Crippen molar-refractivity contribution in [3.63, 3.8) is 0 Å². The number of rotatable bonds is 0. The first-order valence-electron chi connectivity index (χ1n) is 2.73. The highest BCUT2D eigenvalue weighted by atomic mass is 15.4. The summed E-state index contributed by atoms with van der Waals surface area (Å²) in [6.07, 6.45) is 0. The Hall–Kier alpha value is -0.440. The second kappa shape index (κ2) is 1.52. The third-order valence-corrected chi connectivity index (χ3v) is 1.52. The van der Waals surface area contributed by atoms with Gasteiger partial charge < -0.3 is 0 Å². The molecule has 0 radical (unpaired) electrons. The van der Waals surface area contributed by atoms with Crippen molar-refractivity contribution in [1.29, 1.82) is 0 Å². The number of hydrogen-bond donors (Lipinski definition) is 0. The van der Waals surface area contributed by atoms with E-state index in [-0.39, 0.29) is 5.66 Å². The molecule has 8 heavy (non-hydrogen) atoms. The van der Waals surface area contributed by atoms with Crippen LogP contribution in [-0.4, -0.2) is 24.3 Å². The van der Waals surface area contributed by atoms with Crippen molar-refractivity contribution in [1.82, 2.24) is 4.90 Å². The smallest absolute Gasteiger partial charge is 0.129 e. The zero-order valence-corrected chi connectivity index (χ0v) is 5.55. The SMILES string of the molecule is CN1CN=NC1(C)C. The van der Waals surface area contributed by atoms with Crippen molar-refractivity contribution < 1.29 is 0 Å². The monoisotopic (exact) mass is 113 g/mol. The average molecular weight is 113 g/mol. The molecule has 0 aromatic rings. The lowest BCUT2D eigenvalue weighted by Crippen LogP contribution is -2.34. The van der Waals surface area contributed by atoms with Crippen LogP contribution in [0.3, 0.4) is 0 Å². The molecule has 0 aromatic heterocycles. The van der Waals surface area contributed by atoms with Gasteiger partial charge in [0, 0.05) is 0 Å². The van der Waals surface area contributed by atoms with E-state index < -0.39 is 0 Å². The Morgan fingerprint density at radius 2 is 2.12 bits per heavy atom. The van der Waals surface area contributed by atoms with E-state index in [9.17, 15) is 0 Å². The van der Waals surface area contributed by atoms with E-state index in [0.717, 1.165) is 6.67 Å². The molecule has 0 bridgehead atoms. The Morgan fingerprint density at radius 1 is 1.50 bits per heavy atom. The van der Waals surface area contributed by atoms with Crippen LogP contribution in [0.5, 0.6) is 0 Å². The maximum absolute atomic E-state index is 4.00. The summed E-state index contributed by atoms with van der Waals surface area (Å²) in [5.41, 5.74) is -0.0556. The highest BCUT2D eigenvalue weighted by molar-refractivity contribution is 4.77. The maximum atomic E-state index is 4.00. The van der Waals surface area contributed by atoms with E-state index in [1.807, 2.05) is 20.9 Å². The van der Waals surface area contributed by atoms with E-state index in [2.05, 4.69) is 15.1 Å². The molecule has 46 valence electrons. The molecule has 0 aromatic carbocycles. The fourth-order valence-electron chi connectivity index (χ4n) is 0.549. The van der Waals surface area contributed by atoms with Gasteiger partial charge in [0.25, 0.3) is 0 Å². The van der Waals surface area contributed by atoms with Gasteiger partial charge in [-0.3, -0.25) is 4.90 Å². The molecular weight excluding hydrogens is 102 g/mol. The fraction of sp³-hybridized carbons (Fsp3) is 1.00. The van der Waals surface area contributed by atoms with Gasteiger partial charge >= 0.3 is 0 Å². The first-order chi connectivity index (χ1) is 3.63. The molecule has 1 aliphatic rings. The average Bonchev–Trinajstić information content (AvgIpc) is 1.86. The summed E-state index contributed by atoms with van der Waals surface area (Å²) in [5.74, 6) is 0. The van der Waals surface area contributed by atoms with Gasteiger partial charge in [0.2, 0.25) is 0 Å². The minimum absolute atomic E-state index is 0.0556. The van der Waals surface area contributed by atoms with Crippen molar-refractivity contribution in [2.75, 3.05) is 13.7 Å². The van der Waals surface area contributed by atoms with Gasteiger partial charge in [-0.1, -0.05) is 0 Å². The summed E-state index contributed by atoms with van der Waals surface area (Å²) in [6, 6.07) is 0. The summed E-state index contributed by atoms with van der Waals surface area (Å²) in [5, 5.41) is 7.87. The quantitative estimate of drug-likeness (QED) is 0.462. The molecule has 0 amide bonds. The maximum Gasteiger partial charge on any atom is 0.129 e. The summed E-state index contributed by atoms with van der Waals surface area (Å²) in [7, 11) is 2.01. The number of hydrogen-bond acceptors (Lipinski definition) is 3. The van der Waals surface area contributed by atoms with Crippen molar-refractivity contribution >= 4 is 0 Å². The molecule has 0 unspecified atom stereocenters. The third-order valence-electron chi connectivity index (χ3n) is 1.52. The first kappa shape index (κ1) is 5.69. The van der Waals surface area contributed by atoms with Crippen LogP contribution in [0, 0.1) is 0 Å². The zero-order chi connectivity index (χ0) is 6.20. The van der Waals surface area contributed by atoms with Gasteiger partial charge in [-0.15, -0.1) is 0 Å². The summed E-state index contributed by atoms with van der Waals surface area (Å²) < 4.78 is 0. The molecule has 1 rings (SSSR count). The molecule has 0 N–H and O–H groups in total. The van der Waals surface area contributed by atoms with E-state index in [4.69, 9.17) is 0 Å². The zero-order valence-electron chi connectivity index (χ0n) is 5.55. The van der Waals surface area contributed by atoms with Crippen LogP contribution in [0.2, 0.25) is 0 Å². The molecule has 0 spiro atoms. The summed E-state index contributed by atoms with van der Waals surface area (Å²) in [4.78, 5) is 2.09. The Bertz CT molecular complexity index is 117. The Labute approximate surface area is 49.4 Å². The van der Waals surface area contributed by atoms with Crippen LogP contribution in [-0.2, 0) is 0 Å². The van der Waals surface area contributed by atoms with Crippen molar-refractivity contribution in [2.45, 2.75) is 19.5 Å². The van der Waals surface area contributed by atoms with Crippen LogP contribution >= 0.6 is 0 Å². The lowest BCUT2D eigenvalue weighted by molar-refractivity contribution is 0.210. The first-order valence-corrected chi connectivity index (χ1v) is 2.73. The predicted octanol–water partition coefficient (Wildman–Crippen LogP) is 1.08. The fourth-order valence-corrected chi connectivity index (χ4v) is 0.549. The minimum Gasteiger partial charge on any atom is -0.260 e. The lowest BCUT2D eigenvalue weighted by Gasteiger charge is -2.21. The Kier molecular flexibility index (Phi) is 1.08.